The molecule has 4 N–H and O–H groups in total. The molecule has 0 radical (unpaired) electrons. The molecule has 1 fully saturated rings. The van der Waals surface area contributed by atoms with Crippen LogP contribution in [0.2, 0.25) is 0 Å². The van der Waals surface area contributed by atoms with E-state index in [2.05, 4.69) is 54.5 Å². The van der Waals surface area contributed by atoms with E-state index >= 15 is 0 Å². The molecule has 0 saturated carbocycles. The zero-order chi connectivity index (χ0) is 43.9. The lowest BCUT2D eigenvalue weighted by atomic mass is 9.99. The lowest BCUT2D eigenvalue weighted by Crippen LogP contribution is -2.60. The summed E-state index contributed by atoms with van der Waals surface area (Å²) in [7, 11) is -5.06. The maximum absolute atomic E-state index is 12.9. The summed E-state index contributed by atoms with van der Waals surface area (Å²) in [6.07, 6.45) is 36.1. The van der Waals surface area contributed by atoms with Crippen molar-refractivity contribution in [1.29, 1.82) is 0 Å². The second-order valence-corrected chi connectivity index (χ2v) is 17.4. The third-order valence-corrected chi connectivity index (χ3v) is 11.2. The summed E-state index contributed by atoms with van der Waals surface area (Å²) in [4.78, 5) is 12.9. The Balaban J connectivity index is 2.39. The van der Waals surface area contributed by atoms with E-state index in [4.69, 9.17) is 23.5 Å². The maximum Gasteiger partial charge on any atom is 0.397 e. The van der Waals surface area contributed by atoms with Crippen molar-refractivity contribution in [1.82, 2.24) is 0 Å². The van der Waals surface area contributed by atoms with Crippen LogP contribution in [0.4, 0.5) is 0 Å². The predicted octanol–water partition coefficient (Wildman–Crippen LogP) is 10.2. The van der Waals surface area contributed by atoms with Crippen molar-refractivity contribution in [2.24, 2.45) is 0 Å². The van der Waals surface area contributed by atoms with Crippen molar-refractivity contribution < 1.29 is 56.2 Å². The molecule has 0 aromatic carbocycles. The van der Waals surface area contributed by atoms with Crippen LogP contribution in [0.3, 0.4) is 0 Å². The van der Waals surface area contributed by atoms with Crippen LogP contribution in [0.15, 0.2) is 36.5 Å². The van der Waals surface area contributed by atoms with Crippen LogP contribution in [0, 0.1) is 0 Å². The van der Waals surface area contributed by atoms with Gasteiger partial charge in [-0.05, 0) is 44.9 Å². The molecule has 6 unspecified atom stereocenters. The first-order chi connectivity index (χ1) is 29.1. The average Bonchev–Trinajstić information content (AvgIpc) is 3.22. The van der Waals surface area contributed by atoms with Crippen molar-refractivity contribution in [2.45, 2.75) is 230 Å². The van der Waals surface area contributed by atoms with E-state index in [0.717, 1.165) is 70.6 Å². The number of unbranched alkanes of at least 4 members (excludes halogenated alkanes) is 22. The van der Waals surface area contributed by atoms with E-state index in [9.17, 15) is 28.5 Å². The molecular formula is C47H86O12S. The molecule has 1 rings (SSSR count). The summed E-state index contributed by atoms with van der Waals surface area (Å²) < 4.78 is 59.1. The number of allylic oxidation sites excluding steroid dienone is 6. The van der Waals surface area contributed by atoms with Gasteiger partial charge >= 0.3 is 16.4 Å². The Hall–Kier alpha value is -1.68. The van der Waals surface area contributed by atoms with Crippen LogP contribution in [0.25, 0.3) is 0 Å². The molecular weight excluding hydrogens is 789 g/mol. The van der Waals surface area contributed by atoms with Crippen molar-refractivity contribution >= 4 is 16.4 Å². The van der Waals surface area contributed by atoms with Gasteiger partial charge in [-0.1, -0.05) is 179 Å². The maximum atomic E-state index is 12.9. The Morgan fingerprint density at radius 1 is 0.650 bits per heavy atom. The number of aliphatic hydroxyl groups excluding tert-OH is 3. The minimum atomic E-state index is -5.06. The van der Waals surface area contributed by atoms with Gasteiger partial charge in [-0.2, -0.15) is 8.42 Å². The summed E-state index contributed by atoms with van der Waals surface area (Å²) in [6.45, 7) is 3.84. The number of rotatable bonds is 41. The van der Waals surface area contributed by atoms with Gasteiger partial charge in [0.15, 0.2) is 6.29 Å². The van der Waals surface area contributed by atoms with E-state index in [0.29, 0.717) is 13.0 Å². The van der Waals surface area contributed by atoms with E-state index in [1.807, 2.05) is 0 Å². The van der Waals surface area contributed by atoms with Crippen LogP contribution in [0.5, 0.6) is 0 Å². The molecule has 1 saturated heterocycles. The summed E-state index contributed by atoms with van der Waals surface area (Å²) in [6, 6.07) is 0. The highest BCUT2D eigenvalue weighted by atomic mass is 32.3. The third-order valence-electron chi connectivity index (χ3n) is 10.8. The monoisotopic (exact) mass is 875 g/mol. The Labute approximate surface area is 364 Å². The fraction of sp³-hybridized carbons (Fsp3) is 0.851. The Morgan fingerprint density at radius 2 is 1.15 bits per heavy atom. The molecule has 1 aliphatic rings. The third kappa shape index (κ3) is 32.1. The number of carbonyl (C=O) groups excluding carboxylic acids is 1. The van der Waals surface area contributed by atoms with Crippen LogP contribution in [-0.2, 0) is 38.3 Å². The van der Waals surface area contributed by atoms with E-state index in [-0.39, 0.29) is 19.6 Å². The van der Waals surface area contributed by atoms with Gasteiger partial charge in [-0.25, -0.2) is 4.18 Å². The van der Waals surface area contributed by atoms with Crippen LogP contribution in [0.1, 0.15) is 194 Å². The SMILES string of the molecule is CC/C=C\C/C=C\C/C=C\CCCCCCOCC(COC1OC(CO)C(O)C(OS(=O)(=O)O)C1O)OC(=O)CCCCCCCCCCCCCCCCCCCCC. The van der Waals surface area contributed by atoms with E-state index in [1.165, 1.54) is 96.3 Å². The van der Waals surface area contributed by atoms with Crippen LogP contribution in [-0.4, -0.2) is 97.5 Å². The van der Waals surface area contributed by atoms with Gasteiger partial charge < -0.3 is 34.3 Å². The number of aliphatic hydroxyl groups is 3. The first-order valence-corrected chi connectivity index (χ1v) is 25.1. The zero-order valence-corrected chi connectivity index (χ0v) is 38.3. The van der Waals surface area contributed by atoms with Crippen molar-refractivity contribution in [3.8, 4) is 0 Å². The summed E-state index contributed by atoms with van der Waals surface area (Å²) in [5.41, 5.74) is 0. The summed E-state index contributed by atoms with van der Waals surface area (Å²) in [5, 5.41) is 30.7. The quantitative estimate of drug-likeness (QED) is 0.0198. The fourth-order valence-corrected chi connectivity index (χ4v) is 7.73. The Morgan fingerprint density at radius 3 is 1.68 bits per heavy atom. The summed E-state index contributed by atoms with van der Waals surface area (Å²) >= 11 is 0. The summed E-state index contributed by atoms with van der Waals surface area (Å²) in [5.74, 6) is -0.405. The topological polar surface area (TPSA) is 178 Å². The average molecular weight is 875 g/mol. The molecule has 60 heavy (non-hydrogen) atoms. The molecule has 0 aliphatic carbocycles. The van der Waals surface area contributed by atoms with Gasteiger partial charge in [0.2, 0.25) is 0 Å². The van der Waals surface area contributed by atoms with Gasteiger partial charge in [0, 0.05) is 13.0 Å². The highest BCUT2D eigenvalue weighted by molar-refractivity contribution is 7.80. The van der Waals surface area contributed by atoms with Gasteiger partial charge in [0.25, 0.3) is 0 Å². The first-order valence-electron chi connectivity index (χ1n) is 23.7. The lowest BCUT2D eigenvalue weighted by molar-refractivity contribution is -0.301. The molecule has 0 spiro atoms. The van der Waals surface area contributed by atoms with Crippen LogP contribution >= 0.6 is 0 Å². The normalized spacial score (nSPS) is 20.5. The molecule has 13 heteroatoms. The minimum Gasteiger partial charge on any atom is -0.457 e. The smallest absolute Gasteiger partial charge is 0.397 e. The highest BCUT2D eigenvalue weighted by Crippen LogP contribution is 2.26. The van der Waals surface area contributed by atoms with Crippen molar-refractivity contribution in [3.05, 3.63) is 36.5 Å². The Kier molecular flexibility index (Phi) is 36.6. The van der Waals surface area contributed by atoms with Gasteiger partial charge in [-0.3, -0.25) is 9.35 Å². The molecule has 352 valence electrons. The van der Waals surface area contributed by atoms with E-state index in [1.54, 1.807) is 0 Å². The predicted molar refractivity (Wildman–Crippen MR) is 239 cm³/mol. The van der Waals surface area contributed by atoms with Crippen molar-refractivity contribution in [3.63, 3.8) is 0 Å². The second kappa shape index (κ2) is 39.0. The molecule has 0 aromatic heterocycles. The molecule has 1 heterocycles. The van der Waals surface area contributed by atoms with Crippen molar-refractivity contribution in [2.75, 3.05) is 26.4 Å². The minimum absolute atomic E-state index is 0.0231. The number of hydrogen-bond acceptors (Lipinski definition) is 11. The van der Waals surface area contributed by atoms with Gasteiger partial charge in [0.1, 0.15) is 30.5 Å². The van der Waals surface area contributed by atoms with Gasteiger partial charge in [-0.15, -0.1) is 0 Å². The number of hydrogen-bond donors (Lipinski definition) is 4. The van der Waals surface area contributed by atoms with Gasteiger partial charge in [0.05, 0.1) is 19.8 Å². The number of esters is 1. The molecule has 12 nitrogen and oxygen atoms in total. The zero-order valence-electron chi connectivity index (χ0n) is 37.5. The molecule has 0 aromatic rings. The molecule has 0 amide bonds. The largest absolute Gasteiger partial charge is 0.457 e. The highest BCUT2D eigenvalue weighted by Gasteiger charge is 2.48. The first kappa shape index (κ1) is 56.3. The molecule has 0 bridgehead atoms. The second-order valence-electron chi connectivity index (χ2n) is 16.3. The van der Waals surface area contributed by atoms with Crippen LogP contribution < -0.4 is 0 Å². The lowest BCUT2D eigenvalue weighted by Gasteiger charge is -2.41. The Bertz CT molecular complexity index is 1190. The fourth-order valence-electron chi connectivity index (χ4n) is 7.22. The molecule has 1 aliphatic heterocycles. The standard InChI is InChI=1S/C47H86O12S/c1-3-5-7-9-11-13-15-17-19-20-21-22-23-24-26-28-30-32-34-36-43(49)57-41(39-55-37-35-33-31-29-27-25-18-16-14-12-10-8-6-4-2)40-56-47-45(51)46(59-60(52,53)54)44(50)42(38-48)58-47/h6,8,12,14,18,25,41-42,44-48,50-51H,3-5,7,9-11,13,15-17,19-24,26-40H2,1-2H3,(H,52,53,54)/b8-6-,14-12-,25-18-. The number of carbonyl (C=O) groups is 1. The number of ether oxygens (including phenoxy) is 4. The van der Waals surface area contributed by atoms with E-state index < -0.39 is 59.8 Å². The molecule has 6 atom stereocenters.